The van der Waals surface area contributed by atoms with E-state index >= 15 is 0 Å². The Bertz CT molecular complexity index is 1150. The van der Waals surface area contributed by atoms with Crippen molar-refractivity contribution in [3.63, 3.8) is 0 Å². The van der Waals surface area contributed by atoms with Crippen LogP contribution in [0.25, 0.3) is 5.57 Å². The lowest BCUT2D eigenvalue weighted by Crippen LogP contribution is -2.32. The molecule has 3 rings (SSSR count). The molecule has 0 bridgehead atoms. The number of benzene rings is 2. The molecule has 0 spiro atoms. The molecule has 7 heteroatoms. The SMILES string of the molecule is CCCCC(CC)COC(=O)C1=CCC(N(/C=C(\C(=O)C(F)(F)F)c2ccccc2)c2ccccc2)C=C1. The number of Topliss-reactive ketones (excluding diaryl/α,β-unsaturated/α-hetero) is 1. The Labute approximate surface area is 222 Å². The maximum atomic E-state index is 13.6. The van der Waals surface area contributed by atoms with Crippen molar-refractivity contribution in [3.8, 4) is 0 Å². The van der Waals surface area contributed by atoms with Crippen LogP contribution in [0.3, 0.4) is 0 Å². The summed E-state index contributed by atoms with van der Waals surface area (Å²) in [7, 11) is 0. The summed E-state index contributed by atoms with van der Waals surface area (Å²) in [5.74, 6) is -2.01. The molecule has 0 aromatic heterocycles. The number of esters is 1. The number of ether oxygens (including phenoxy) is 1. The van der Waals surface area contributed by atoms with Gasteiger partial charge in [0.25, 0.3) is 5.78 Å². The minimum Gasteiger partial charge on any atom is -0.462 e. The van der Waals surface area contributed by atoms with Crippen molar-refractivity contribution in [1.29, 1.82) is 0 Å². The normalized spacial score (nSPS) is 16.5. The molecular weight excluding hydrogens is 491 g/mol. The van der Waals surface area contributed by atoms with Crippen LogP contribution in [0.15, 0.2) is 90.7 Å². The van der Waals surface area contributed by atoms with Gasteiger partial charge in [0, 0.05) is 11.9 Å². The summed E-state index contributed by atoms with van der Waals surface area (Å²) in [4.78, 5) is 26.8. The van der Waals surface area contributed by atoms with Crippen LogP contribution in [0.2, 0.25) is 0 Å². The van der Waals surface area contributed by atoms with Gasteiger partial charge >= 0.3 is 12.1 Å². The number of nitrogens with zero attached hydrogens (tertiary/aromatic N) is 1. The molecule has 0 aliphatic heterocycles. The van der Waals surface area contributed by atoms with Gasteiger partial charge in [0.05, 0.1) is 23.8 Å². The Morgan fingerprint density at radius 1 is 1.05 bits per heavy atom. The number of allylic oxidation sites excluding steroid dienone is 1. The van der Waals surface area contributed by atoms with Gasteiger partial charge in [-0.25, -0.2) is 4.79 Å². The molecule has 2 aromatic rings. The van der Waals surface area contributed by atoms with Crippen LogP contribution in [0, 0.1) is 5.92 Å². The van der Waals surface area contributed by atoms with Crippen LogP contribution in [-0.4, -0.2) is 30.6 Å². The number of ketones is 1. The number of para-hydroxylation sites is 1. The Kier molecular flexibility index (Phi) is 10.5. The number of carbonyl (C=O) groups is 2. The number of carbonyl (C=O) groups excluding carboxylic acids is 2. The number of hydrogen-bond donors (Lipinski definition) is 0. The van der Waals surface area contributed by atoms with E-state index in [0.717, 1.165) is 25.7 Å². The Morgan fingerprint density at radius 3 is 2.26 bits per heavy atom. The van der Waals surface area contributed by atoms with Crippen LogP contribution in [0.5, 0.6) is 0 Å². The first kappa shape index (κ1) is 29.0. The number of alkyl halides is 3. The first-order chi connectivity index (χ1) is 18.2. The first-order valence-corrected chi connectivity index (χ1v) is 13.0. The van der Waals surface area contributed by atoms with Gasteiger partial charge in [-0.15, -0.1) is 0 Å². The second-order valence-corrected chi connectivity index (χ2v) is 9.32. The van der Waals surface area contributed by atoms with Crippen molar-refractivity contribution >= 4 is 23.0 Å². The van der Waals surface area contributed by atoms with E-state index in [1.54, 1.807) is 71.7 Å². The molecule has 0 N–H and O–H groups in total. The smallest absolute Gasteiger partial charge is 0.454 e. The van der Waals surface area contributed by atoms with Gasteiger partial charge < -0.3 is 9.64 Å². The molecule has 0 amide bonds. The molecule has 0 saturated carbocycles. The topological polar surface area (TPSA) is 46.6 Å². The van der Waals surface area contributed by atoms with Gasteiger partial charge in [0.2, 0.25) is 0 Å². The molecule has 2 atom stereocenters. The molecule has 0 heterocycles. The second kappa shape index (κ2) is 13.8. The fourth-order valence-corrected chi connectivity index (χ4v) is 4.28. The molecule has 4 nitrogen and oxygen atoms in total. The zero-order valence-corrected chi connectivity index (χ0v) is 21.8. The minimum absolute atomic E-state index is 0.170. The Hall–Kier alpha value is -3.61. The highest BCUT2D eigenvalue weighted by Crippen LogP contribution is 2.31. The van der Waals surface area contributed by atoms with Gasteiger partial charge in [-0.2, -0.15) is 13.2 Å². The molecular formula is C31H34F3NO3. The predicted octanol–water partition coefficient (Wildman–Crippen LogP) is 7.68. The highest BCUT2D eigenvalue weighted by molar-refractivity contribution is 6.23. The summed E-state index contributed by atoms with van der Waals surface area (Å²) in [6.07, 6.45) is 5.83. The van der Waals surface area contributed by atoms with Crippen molar-refractivity contribution in [2.75, 3.05) is 11.5 Å². The summed E-state index contributed by atoms with van der Waals surface area (Å²) in [5.41, 5.74) is 0.746. The van der Waals surface area contributed by atoms with Crippen LogP contribution in [0.1, 0.15) is 51.5 Å². The lowest BCUT2D eigenvalue weighted by atomic mass is 9.98. The van der Waals surface area contributed by atoms with Gasteiger partial charge in [0.15, 0.2) is 0 Å². The molecule has 1 aliphatic carbocycles. The molecule has 38 heavy (non-hydrogen) atoms. The fourth-order valence-electron chi connectivity index (χ4n) is 4.28. The van der Waals surface area contributed by atoms with Gasteiger partial charge in [-0.3, -0.25) is 4.79 Å². The van der Waals surface area contributed by atoms with E-state index in [1.165, 1.54) is 18.3 Å². The van der Waals surface area contributed by atoms with Crippen molar-refractivity contribution in [2.45, 2.75) is 58.2 Å². The number of halogens is 3. The third-order valence-electron chi connectivity index (χ3n) is 6.57. The molecule has 202 valence electrons. The molecule has 0 saturated heterocycles. The van der Waals surface area contributed by atoms with E-state index in [0.29, 0.717) is 30.2 Å². The average Bonchev–Trinajstić information content (AvgIpc) is 2.94. The monoisotopic (exact) mass is 525 g/mol. The summed E-state index contributed by atoms with van der Waals surface area (Å²) in [6.45, 7) is 4.57. The van der Waals surface area contributed by atoms with E-state index in [1.807, 2.05) is 0 Å². The number of anilines is 1. The lowest BCUT2D eigenvalue weighted by molar-refractivity contribution is -0.164. The fraction of sp³-hybridized carbons (Fsp3) is 0.355. The van der Waals surface area contributed by atoms with Crippen LogP contribution >= 0.6 is 0 Å². The average molecular weight is 526 g/mol. The van der Waals surface area contributed by atoms with Crippen LogP contribution < -0.4 is 4.90 Å². The van der Waals surface area contributed by atoms with E-state index in [9.17, 15) is 22.8 Å². The third kappa shape index (κ3) is 7.94. The summed E-state index contributed by atoms with van der Waals surface area (Å²) in [6, 6.07) is 16.3. The molecule has 0 fully saturated rings. The number of hydrogen-bond acceptors (Lipinski definition) is 4. The molecule has 2 aromatic carbocycles. The molecule has 2 unspecified atom stereocenters. The Balaban J connectivity index is 1.86. The summed E-state index contributed by atoms with van der Waals surface area (Å²) >= 11 is 0. The first-order valence-electron chi connectivity index (χ1n) is 13.0. The number of unbranched alkanes of at least 4 members (excludes halogenated alkanes) is 1. The molecule has 1 aliphatic rings. The third-order valence-corrected chi connectivity index (χ3v) is 6.57. The second-order valence-electron chi connectivity index (χ2n) is 9.32. The maximum absolute atomic E-state index is 13.6. The zero-order valence-electron chi connectivity index (χ0n) is 21.8. The van der Waals surface area contributed by atoms with E-state index in [4.69, 9.17) is 4.74 Å². The quantitative estimate of drug-likeness (QED) is 0.211. The summed E-state index contributed by atoms with van der Waals surface area (Å²) < 4.78 is 46.2. The van der Waals surface area contributed by atoms with E-state index in [2.05, 4.69) is 13.8 Å². The zero-order chi connectivity index (χ0) is 27.5. The highest BCUT2D eigenvalue weighted by atomic mass is 19.4. The van der Waals surface area contributed by atoms with E-state index < -0.39 is 29.5 Å². The molecule has 0 radical (unpaired) electrons. The van der Waals surface area contributed by atoms with Gasteiger partial charge in [0.1, 0.15) is 0 Å². The largest absolute Gasteiger partial charge is 0.462 e. The summed E-state index contributed by atoms with van der Waals surface area (Å²) in [5, 5.41) is 0. The lowest BCUT2D eigenvalue weighted by Gasteiger charge is -2.31. The van der Waals surface area contributed by atoms with E-state index in [-0.39, 0.29) is 5.56 Å². The van der Waals surface area contributed by atoms with Gasteiger partial charge in [-0.1, -0.05) is 93.8 Å². The minimum atomic E-state index is -5.03. The maximum Gasteiger partial charge on any atom is 0.454 e. The number of rotatable bonds is 12. The predicted molar refractivity (Wildman–Crippen MR) is 144 cm³/mol. The van der Waals surface area contributed by atoms with Crippen LogP contribution in [-0.2, 0) is 14.3 Å². The van der Waals surface area contributed by atoms with Crippen LogP contribution in [0.4, 0.5) is 18.9 Å². The van der Waals surface area contributed by atoms with Crippen molar-refractivity contribution < 1.29 is 27.5 Å². The van der Waals surface area contributed by atoms with Crippen molar-refractivity contribution in [1.82, 2.24) is 0 Å². The standard InChI is InChI=1S/C31H34F3NO3/c1-3-5-12-23(4-2)22-38-30(37)25-17-19-27(20-18-25)35(26-15-10-7-11-16-26)21-28(29(36)31(32,33)34)24-13-8-6-9-14-24/h6-11,13-19,21,23,27H,3-5,12,20,22H2,1-2H3/b28-21-. The van der Waals surface area contributed by atoms with Gasteiger partial charge in [-0.05, 0) is 42.5 Å². The highest BCUT2D eigenvalue weighted by Gasteiger charge is 2.41. The Morgan fingerprint density at radius 2 is 1.71 bits per heavy atom. The van der Waals surface area contributed by atoms with Crippen molar-refractivity contribution in [3.05, 3.63) is 96.2 Å². The van der Waals surface area contributed by atoms with Crippen molar-refractivity contribution in [2.24, 2.45) is 5.92 Å².